The number of carbonyl (C=O) groups is 3. The minimum absolute atomic E-state index is 0.0697. The predicted octanol–water partition coefficient (Wildman–Crippen LogP) is 3.72. The maximum absolute atomic E-state index is 12.5. The Morgan fingerprint density at radius 1 is 1.17 bits per heavy atom. The minimum atomic E-state index is -0.431. The second kappa shape index (κ2) is 7.73. The number of ketones is 2. The molecule has 1 aliphatic carbocycles. The van der Waals surface area contributed by atoms with Gasteiger partial charge in [-0.25, -0.2) is 4.79 Å². The van der Waals surface area contributed by atoms with Gasteiger partial charge in [-0.2, -0.15) is 0 Å². The Morgan fingerprint density at radius 2 is 1.88 bits per heavy atom. The molecule has 2 rings (SSSR count). The Bertz CT molecular complexity index is 634. The highest BCUT2D eigenvalue weighted by Gasteiger charge is 2.35. The summed E-state index contributed by atoms with van der Waals surface area (Å²) in [6.45, 7) is 7.78. The highest BCUT2D eigenvalue weighted by molar-refractivity contribution is 6.01. The van der Waals surface area contributed by atoms with Crippen molar-refractivity contribution in [2.75, 3.05) is 0 Å². The van der Waals surface area contributed by atoms with Crippen LogP contribution in [0.25, 0.3) is 0 Å². The summed E-state index contributed by atoms with van der Waals surface area (Å²) in [6, 6.07) is 0. The number of esters is 1. The first-order valence-electron chi connectivity index (χ1n) is 8.59. The summed E-state index contributed by atoms with van der Waals surface area (Å²) in [5.74, 6) is -0.286. The molecule has 130 valence electrons. The van der Waals surface area contributed by atoms with E-state index in [0.717, 1.165) is 24.0 Å². The largest absolute Gasteiger partial charge is 0.454 e. The standard InChI is InChI=1S/C20H26O4/c1-12(2)17-11-18(22)14(4)7-5-6-13(3)8-16(21)9-15-10-19(17)24-20(15)23/h7-8,10,12,17,19H,5-6,9,11H2,1-4H3/b13-8+,14-7-/t17-,19+/m0/s1. The van der Waals surface area contributed by atoms with Gasteiger partial charge in [0.05, 0.1) is 0 Å². The molecular formula is C20H26O4. The topological polar surface area (TPSA) is 60.4 Å². The second-order valence-electron chi connectivity index (χ2n) is 7.16. The SMILES string of the molecule is C/C1=C/CC/C(C)=C/C(=O)CC2=C[C@@H](OC2=O)[C@H](C(C)C)CC1=O. The summed E-state index contributed by atoms with van der Waals surface area (Å²) in [5.41, 5.74) is 2.11. The van der Waals surface area contributed by atoms with Gasteiger partial charge in [-0.15, -0.1) is 0 Å². The van der Waals surface area contributed by atoms with Gasteiger partial charge in [0.25, 0.3) is 0 Å². The first kappa shape index (κ1) is 18.4. The van der Waals surface area contributed by atoms with E-state index in [0.29, 0.717) is 12.0 Å². The van der Waals surface area contributed by atoms with Crippen LogP contribution in [-0.4, -0.2) is 23.6 Å². The van der Waals surface area contributed by atoms with Crippen LogP contribution < -0.4 is 0 Å². The molecule has 0 saturated heterocycles. The van der Waals surface area contributed by atoms with Gasteiger partial charge in [-0.05, 0) is 50.3 Å². The van der Waals surface area contributed by atoms with E-state index >= 15 is 0 Å². The molecular weight excluding hydrogens is 304 g/mol. The Hall–Kier alpha value is -1.97. The fourth-order valence-electron chi connectivity index (χ4n) is 3.16. The molecule has 4 heteroatoms. The molecule has 24 heavy (non-hydrogen) atoms. The number of hydrogen-bond acceptors (Lipinski definition) is 4. The number of fused-ring (bicyclic) bond motifs is 1. The molecule has 0 amide bonds. The Kier molecular flexibility index (Phi) is 5.92. The number of carbonyl (C=O) groups excluding carboxylic acids is 3. The quantitative estimate of drug-likeness (QED) is 0.688. The lowest BCUT2D eigenvalue weighted by atomic mass is 9.84. The van der Waals surface area contributed by atoms with E-state index in [4.69, 9.17) is 4.74 Å². The zero-order valence-corrected chi connectivity index (χ0v) is 14.9. The highest BCUT2D eigenvalue weighted by atomic mass is 16.5. The molecule has 0 aromatic carbocycles. The van der Waals surface area contributed by atoms with Crippen LogP contribution in [0.2, 0.25) is 0 Å². The Labute approximate surface area is 143 Å². The Balaban J connectivity index is 2.35. The van der Waals surface area contributed by atoms with Crippen molar-refractivity contribution in [3.05, 3.63) is 34.9 Å². The zero-order valence-electron chi connectivity index (χ0n) is 14.9. The molecule has 2 atom stereocenters. The summed E-state index contributed by atoms with van der Waals surface area (Å²) in [6.07, 6.45) is 6.74. The molecule has 2 aliphatic rings. The second-order valence-corrected chi connectivity index (χ2v) is 7.16. The monoisotopic (exact) mass is 330 g/mol. The normalized spacial score (nSPS) is 30.9. The van der Waals surface area contributed by atoms with Crippen molar-refractivity contribution in [3.63, 3.8) is 0 Å². The van der Waals surface area contributed by atoms with Gasteiger partial charge in [-0.3, -0.25) is 9.59 Å². The first-order chi connectivity index (χ1) is 11.3. The summed E-state index contributed by atoms with van der Waals surface area (Å²) in [7, 11) is 0. The van der Waals surface area contributed by atoms with E-state index in [1.165, 1.54) is 0 Å². The average Bonchev–Trinajstić information content (AvgIpc) is 2.83. The van der Waals surface area contributed by atoms with Gasteiger partial charge in [0, 0.05) is 24.3 Å². The van der Waals surface area contributed by atoms with Crippen LogP contribution in [0, 0.1) is 11.8 Å². The van der Waals surface area contributed by atoms with Crippen molar-refractivity contribution >= 4 is 17.5 Å². The van der Waals surface area contributed by atoms with Crippen LogP contribution in [0.1, 0.15) is 53.4 Å². The Morgan fingerprint density at radius 3 is 2.54 bits per heavy atom. The lowest BCUT2D eigenvalue weighted by Crippen LogP contribution is -2.28. The third-order valence-corrected chi connectivity index (χ3v) is 4.77. The van der Waals surface area contributed by atoms with Gasteiger partial charge in [0.2, 0.25) is 0 Å². The van der Waals surface area contributed by atoms with Crippen molar-refractivity contribution in [2.24, 2.45) is 11.8 Å². The van der Waals surface area contributed by atoms with E-state index in [2.05, 4.69) is 0 Å². The van der Waals surface area contributed by atoms with Gasteiger partial charge < -0.3 is 4.74 Å². The van der Waals surface area contributed by atoms with E-state index in [1.807, 2.05) is 33.8 Å². The maximum atomic E-state index is 12.5. The van der Waals surface area contributed by atoms with Crippen molar-refractivity contribution in [1.82, 2.24) is 0 Å². The molecule has 0 radical (unpaired) electrons. The van der Waals surface area contributed by atoms with Crippen LogP contribution in [0.5, 0.6) is 0 Å². The molecule has 4 nitrogen and oxygen atoms in total. The average molecular weight is 330 g/mol. The lowest BCUT2D eigenvalue weighted by molar-refractivity contribution is -0.143. The van der Waals surface area contributed by atoms with Crippen molar-refractivity contribution in [3.8, 4) is 0 Å². The van der Waals surface area contributed by atoms with Crippen LogP contribution in [0.3, 0.4) is 0 Å². The summed E-state index contributed by atoms with van der Waals surface area (Å²) >= 11 is 0. The van der Waals surface area contributed by atoms with Crippen molar-refractivity contribution < 1.29 is 19.1 Å². The number of ether oxygens (including phenoxy) is 1. The summed E-state index contributed by atoms with van der Waals surface area (Å²) in [5, 5.41) is 0. The first-order valence-corrected chi connectivity index (χ1v) is 8.59. The zero-order chi connectivity index (χ0) is 17.9. The molecule has 1 heterocycles. The smallest absolute Gasteiger partial charge is 0.334 e. The summed E-state index contributed by atoms with van der Waals surface area (Å²) < 4.78 is 5.46. The molecule has 0 aromatic rings. The minimum Gasteiger partial charge on any atom is -0.454 e. The van der Waals surface area contributed by atoms with Crippen molar-refractivity contribution in [2.45, 2.75) is 59.5 Å². The number of allylic oxidation sites excluding steroid dienone is 4. The summed E-state index contributed by atoms with van der Waals surface area (Å²) in [4.78, 5) is 36.7. The highest BCUT2D eigenvalue weighted by Crippen LogP contribution is 2.31. The van der Waals surface area contributed by atoms with Crippen molar-refractivity contribution in [1.29, 1.82) is 0 Å². The number of rotatable bonds is 1. The van der Waals surface area contributed by atoms with E-state index in [9.17, 15) is 14.4 Å². The number of Topliss-reactive ketones (excluding diaryl/α,β-unsaturated/α-hetero) is 1. The van der Waals surface area contributed by atoms with Gasteiger partial charge in [0.1, 0.15) is 6.10 Å². The molecule has 0 aromatic heterocycles. The molecule has 0 N–H and O–H groups in total. The van der Waals surface area contributed by atoms with Crippen LogP contribution in [0.4, 0.5) is 0 Å². The van der Waals surface area contributed by atoms with Crippen LogP contribution in [-0.2, 0) is 19.1 Å². The van der Waals surface area contributed by atoms with E-state index < -0.39 is 12.1 Å². The van der Waals surface area contributed by atoms with E-state index in [-0.39, 0.29) is 29.8 Å². The molecule has 0 spiro atoms. The maximum Gasteiger partial charge on any atom is 0.334 e. The fourth-order valence-corrected chi connectivity index (χ4v) is 3.16. The third kappa shape index (κ3) is 4.53. The molecule has 2 bridgehead atoms. The fraction of sp³-hybridized carbons (Fsp3) is 0.550. The molecule has 1 aliphatic heterocycles. The predicted molar refractivity (Wildman–Crippen MR) is 92.3 cm³/mol. The van der Waals surface area contributed by atoms with Gasteiger partial charge in [0.15, 0.2) is 11.6 Å². The number of hydrogen-bond donors (Lipinski definition) is 0. The van der Waals surface area contributed by atoms with Gasteiger partial charge >= 0.3 is 5.97 Å². The molecule has 0 unspecified atom stereocenters. The molecule has 0 saturated carbocycles. The van der Waals surface area contributed by atoms with E-state index in [1.54, 1.807) is 12.2 Å². The third-order valence-electron chi connectivity index (χ3n) is 4.77. The van der Waals surface area contributed by atoms with Crippen LogP contribution in [0.15, 0.2) is 34.9 Å². The van der Waals surface area contributed by atoms with Crippen LogP contribution >= 0.6 is 0 Å². The van der Waals surface area contributed by atoms with Gasteiger partial charge in [-0.1, -0.05) is 25.5 Å². The lowest BCUT2D eigenvalue weighted by Gasteiger charge is -2.24. The molecule has 0 fully saturated rings.